The molecular weight excluding hydrogens is 447 g/mol. The monoisotopic (exact) mass is 462 g/mol. The maximum Gasteiger partial charge on any atom is 0.485 e. The summed E-state index contributed by atoms with van der Waals surface area (Å²) in [7, 11) is -6.46. The summed E-state index contributed by atoms with van der Waals surface area (Å²) in [4.78, 5) is 3.15. The fraction of sp³-hybridized carbons (Fsp3) is 0.100. The van der Waals surface area contributed by atoms with Crippen molar-refractivity contribution in [3.05, 3.63) is 90.0 Å². The second-order valence-electron chi connectivity index (χ2n) is 5.93. The van der Waals surface area contributed by atoms with Gasteiger partial charge in [0.25, 0.3) is 0 Å². The Morgan fingerprint density at radius 3 is 1.23 bits per heavy atom. The Morgan fingerprint density at radius 1 is 0.700 bits per heavy atom. The Bertz CT molecular complexity index is 955. The molecule has 30 heavy (non-hydrogen) atoms. The van der Waals surface area contributed by atoms with Gasteiger partial charge in [0.15, 0.2) is 24.8 Å². The van der Waals surface area contributed by atoms with Crippen molar-refractivity contribution in [3.8, 4) is 0 Å². The van der Waals surface area contributed by atoms with Crippen LogP contribution in [0.5, 0.6) is 0 Å². The van der Waals surface area contributed by atoms with Crippen LogP contribution in [0.25, 0.3) is 0 Å². The van der Waals surface area contributed by atoms with Crippen molar-refractivity contribution < 1.29 is 34.9 Å². The zero-order valence-corrected chi connectivity index (χ0v) is 17.0. The molecular formula is C20H15F5O3S2. The van der Waals surface area contributed by atoms with Crippen LogP contribution in [0.4, 0.5) is 22.0 Å². The van der Waals surface area contributed by atoms with Crippen LogP contribution >= 0.6 is 0 Å². The van der Waals surface area contributed by atoms with E-state index >= 15 is 0 Å². The highest BCUT2D eigenvalue weighted by molar-refractivity contribution is 7.97. The number of hydrogen-bond acceptors (Lipinski definition) is 3. The predicted octanol–water partition coefficient (Wildman–Crippen LogP) is 5.42. The van der Waals surface area contributed by atoms with Gasteiger partial charge >= 0.3 is 5.51 Å². The van der Waals surface area contributed by atoms with Gasteiger partial charge in [-0.1, -0.05) is 17.7 Å². The SMILES string of the molecule is Cc1ccc([S+](c2ccc(F)cc2)c2ccc(F)cc2)cc1.O=S(=O)([O-])C(F)(F)F. The lowest BCUT2D eigenvalue weighted by atomic mass is 10.2. The fourth-order valence-corrected chi connectivity index (χ4v) is 4.27. The van der Waals surface area contributed by atoms with E-state index in [0.717, 1.165) is 14.7 Å². The molecule has 0 unspecified atom stereocenters. The Kier molecular flexibility index (Phi) is 7.62. The van der Waals surface area contributed by atoms with E-state index < -0.39 is 15.6 Å². The molecule has 0 aliphatic carbocycles. The van der Waals surface area contributed by atoms with Crippen LogP contribution in [-0.2, 0) is 21.0 Å². The second-order valence-corrected chi connectivity index (χ2v) is 9.32. The van der Waals surface area contributed by atoms with Crippen LogP contribution in [0.3, 0.4) is 0 Å². The number of alkyl halides is 3. The van der Waals surface area contributed by atoms with Crippen molar-refractivity contribution in [1.82, 2.24) is 0 Å². The predicted molar refractivity (Wildman–Crippen MR) is 102 cm³/mol. The molecule has 10 heteroatoms. The number of aryl methyl sites for hydroxylation is 1. The maximum absolute atomic E-state index is 13.2. The molecule has 160 valence electrons. The highest BCUT2D eigenvalue weighted by atomic mass is 32.2. The molecule has 0 aromatic heterocycles. The summed E-state index contributed by atoms with van der Waals surface area (Å²) in [5, 5.41) is 0. The minimum absolute atomic E-state index is 0.254. The lowest BCUT2D eigenvalue weighted by Crippen LogP contribution is -2.21. The van der Waals surface area contributed by atoms with E-state index in [1.54, 1.807) is 24.3 Å². The highest BCUT2D eigenvalue weighted by Gasteiger charge is 2.37. The van der Waals surface area contributed by atoms with Gasteiger partial charge in [-0.25, -0.2) is 17.2 Å². The molecule has 3 nitrogen and oxygen atoms in total. The number of benzene rings is 3. The molecule has 3 rings (SSSR count). The molecule has 0 aliphatic rings. The van der Waals surface area contributed by atoms with Crippen LogP contribution in [-0.4, -0.2) is 18.5 Å². The molecule has 0 bridgehead atoms. The number of rotatable bonds is 3. The largest absolute Gasteiger partial charge is 0.741 e. The number of hydrogen-bond donors (Lipinski definition) is 0. The average molecular weight is 462 g/mol. The van der Waals surface area contributed by atoms with Crippen LogP contribution in [0, 0.1) is 18.6 Å². The molecule has 0 heterocycles. The standard InChI is InChI=1S/C19H15F2S.CHF3O3S/c1-14-2-8-17(9-3-14)22(18-10-4-15(20)5-11-18)19-12-6-16(21)7-13-19;2-1(3,4)8(5,6)7/h2-13H,1H3;(H,5,6,7)/q+1;/p-1. The van der Waals surface area contributed by atoms with E-state index in [1.165, 1.54) is 29.8 Å². The quantitative estimate of drug-likeness (QED) is 0.226. The van der Waals surface area contributed by atoms with E-state index in [0.29, 0.717) is 0 Å². The summed E-state index contributed by atoms with van der Waals surface area (Å²) in [5.74, 6) is -0.509. The fourth-order valence-electron chi connectivity index (χ4n) is 2.22. The van der Waals surface area contributed by atoms with Crippen molar-refractivity contribution >= 4 is 21.0 Å². The van der Waals surface area contributed by atoms with Gasteiger partial charge in [-0.2, -0.15) is 13.2 Å². The molecule has 0 saturated heterocycles. The van der Waals surface area contributed by atoms with Gasteiger partial charge in [-0.05, 0) is 67.6 Å². The van der Waals surface area contributed by atoms with Crippen molar-refractivity contribution in [2.24, 2.45) is 0 Å². The van der Waals surface area contributed by atoms with Gasteiger partial charge in [-0.15, -0.1) is 0 Å². The third-order valence-electron chi connectivity index (χ3n) is 3.64. The second kappa shape index (κ2) is 9.59. The van der Waals surface area contributed by atoms with E-state index in [9.17, 15) is 22.0 Å². The van der Waals surface area contributed by atoms with Gasteiger partial charge in [0.1, 0.15) is 11.6 Å². The van der Waals surface area contributed by atoms with Crippen molar-refractivity contribution in [2.45, 2.75) is 27.1 Å². The van der Waals surface area contributed by atoms with Gasteiger partial charge in [-0.3, -0.25) is 0 Å². The molecule has 0 aliphatic heterocycles. The first-order chi connectivity index (χ1) is 13.9. The van der Waals surface area contributed by atoms with E-state index in [-0.39, 0.29) is 22.5 Å². The molecule has 0 amide bonds. The molecule has 0 spiro atoms. The Hall–Kier alpha value is -2.43. The van der Waals surface area contributed by atoms with Crippen molar-refractivity contribution in [2.75, 3.05) is 0 Å². The van der Waals surface area contributed by atoms with E-state index in [2.05, 4.69) is 24.3 Å². The molecule has 0 N–H and O–H groups in total. The van der Waals surface area contributed by atoms with Crippen molar-refractivity contribution in [1.29, 1.82) is 0 Å². The average Bonchev–Trinajstić information content (AvgIpc) is 2.65. The zero-order valence-electron chi connectivity index (χ0n) is 15.4. The Labute approximate surface area is 173 Å². The third kappa shape index (κ3) is 6.54. The van der Waals surface area contributed by atoms with Gasteiger partial charge in [0, 0.05) is 0 Å². The Balaban J connectivity index is 0.000000343. The molecule has 3 aromatic rings. The lowest BCUT2D eigenvalue weighted by molar-refractivity contribution is -0.0517. The van der Waals surface area contributed by atoms with E-state index in [1.807, 2.05) is 6.92 Å². The summed E-state index contributed by atoms with van der Waals surface area (Å²) in [6.07, 6.45) is 0. The van der Waals surface area contributed by atoms with Crippen LogP contribution in [0.1, 0.15) is 5.56 Å². The van der Waals surface area contributed by atoms with Crippen molar-refractivity contribution in [3.63, 3.8) is 0 Å². The van der Waals surface area contributed by atoms with Crippen LogP contribution < -0.4 is 0 Å². The van der Waals surface area contributed by atoms with Gasteiger partial charge in [0.2, 0.25) is 0 Å². The molecule has 0 saturated carbocycles. The summed E-state index contributed by atoms with van der Waals surface area (Å²) in [6.45, 7) is 2.04. The summed E-state index contributed by atoms with van der Waals surface area (Å²) >= 11 is 0. The van der Waals surface area contributed by atoms with Crippen LogP contribution in [0.2, 0.25) is 0 Å². The zero-order chi connectivity index (χ0) is 22.5. The summed E-state index contributed by atoms with van der Waals surface area (Å²) in [6, 6.07) is 21.3. The third-order valence-corrected chi connectivity index (χ3v) is 6.44. The van der Waals surface area contributed by atoms with Crippen LogP contribution in [0.15, 0.2) is 87.5 Å². The first kappa shape index (κ1) is 23.8. The maximum atomic E-state index is 13.2. The Morgan fingerprint density at radius 2 is 0.967 bits per heavy atom. The van der Waals surface area contributed by atoms with E-state index in [4.69, 9.17) is 13.0 Å². The topological polar surface area (TPSA) is 57.2 Å². The smallest absolute Gasteiger partial charge is 0.485 e. The molecule has 0 radical (unpaired) electrons. The first-order valence-electron chi connectivity index (χ1n) is 8.23. The first-order valence-corrected chi connectivity index (χ1v) is 10.9. The molecule has 3 aromatic carbocycles. The highest BCUT2D eigenvalue weighted by Crippen LogP contribution is 2.31. The lowest BCUT2D eigenvalue weighted by Gasteiger charge is -2.08. The van der Waals surface area contributed by atoms with Gasteiger partial charge in [0.05, 0.1) is 10.9 Å². The molecule has 0 fully saturated rings. The number of halogens is 5. The minimum Gasteiger partial charge on any atom is -0.741 e. The normalized spacial score (nSPS) is 11.7. The molecule has 0 atom stereocenters. The summed E-state index contributed by atoms with van der Waals surface area (Å²) in [5.41, 5.74) is -4.46. The van der Waals surface area contributed by atoms with Gasteiger partial charge < -0.3 is 4.55 Å². The summed E-state index contributed by atoms with van der Waals surface area (Å²) < 4.78 is 85.3. The minimum atomic E-state index is -6.09.